The summed E-state index contributed by atoms with van der Waals surface area (Å²) in [6.45, 7) is 5.68. The van der Waals surface area contributed by atoms with Crippen molar-refractivity contribution in [2.45, 2.75) is 20.8 Å². The highest BCUT2D eigenvalue weighted by atomic mass is 127. The summed E-state index contributed by atoms with van der Waals surface area (Å²) in [5.74, 6) is 0.305. The van der Waals surface area contributed by atoms with Crippen LogP contribution in [0, 0.1) is 3.70 Å². The molecule has 14 heteroatoms. The largest absolute Gasteiger partial charge is 0.491 e. The summed E-state index contributed by atoms with van der Waals surface area (Å²) in [4.78, 5) is 31.5. The zero-order valence-corrected chi connectivity index (χ0v) is 19.4. The average molecular weight is 555 g/mol. The van der Waals surface area contributed by atoms with Crippen molar-refractivity contribution >= 4 is 60.5 Å². The van der Waals surface area contributed by atoms with Crippen molar-refractivity contribution in [3.05, 3.63) is 31.5 Å². The fourth-order valence-electron chi connectivity index (χ4n) is 2.09. The van der Waals surface area contributed by atoms with E-state index in [1.807, 2.05) is 27.8 Å². The van der Waals surface area contributed by atoms with E-state index in [1.165, 1.54) is 5.41 Å². The maximum Gasteiger partial charge on any atom is 0.336 e. The summed E-state index contributed by atoms with van der Waals surface area (Å²) in [7, 11) is -5.37. The molecular weight excluding hydrogens is 537 g/mol. The lowest BCUT2D eigenvalue weighted by molar-refractivity contribution is 0.237. The van der Waals surface area contributed by atoms with Gasteiger partial charge in [-0.15, -0.1) is 0 Å². The second-order valence-corrected chi connectivity index (χ2v) is 9.43. The van der Waals surface area contributed by atoms with Crippen LogP contribution < -0.4 is 19.5 Å². The average Bonchev–Trinajstić information content (AvgIpc) is 2.89. The van der Waals surface area contributed by atoms with Crippen molar-refractivity contribution in [2.75, 3.05) is 18.5 Å². The van der Waals surface area contributed by atoms with Crippen LogP contribution in [0.15, 0.2) is 27.8 Å². The van der Waals surface area contributed by atoms with Crippen molar-refractivity contribution in [3.63, 3.8) is 0 Å². The molecule has 29 heavy (non-hydrogen) atoms. The molecule has 1 aromatic heterocycles. The lowest BCUT2D eigenvalue weighted by atomic mass is 10.4. The normalized spacial score (nSPS) is 16.0. The van der Waals surface area contributed by atoms with Crippen LogP contribution in [0.5, 0.6) is 5.88 Å². The summed E-state index contributed by atoms with van der Waals surface area (Å²) in [6.07, 6.45) is 0. The Morgan fingerprint density at radius 2 is 1.97 bits per heavy atom. The molecule has 2 rings (SSSR count). The number of hydrogen-bond acceptors (Lipinski definition) is 8. The monoisotopic (exact) mass is 555 g/mol. The highest BCUT2D eigenvalue weighted by Gasteiger charge is 2.26. The summed E-state index contributed by atoms with van der Waals surface area (Å²) < 4.78 is 39.8. The molecule has 0 saturated heterocycles. The Kier molecular flexibility index (Phi) is 8.01. The third kappa shape index (κ3) is 6.42. The van der Waals surface area contributed by atoms with Crippen LogP contribution in [0.2, 0.25) is 0 Å². The van der Waals surface area contributed by atoms with Crippen molar-refractivity contribution < 1.29 is 27.5 Å². The minimum atomic E-state index is -4.34. The van der Waals surface area contributed by atoms with Crippen molar-refractivity contribution in [1.82, 2.24) is 19.4 Å². The summed E-state index contributed by atoms with van der Waals surface area (Å²) >= 11 is 1.91. The van der Waals surface area contributed by atoms with Gasteiger partial charge in [-0.1, -0.05) is 0 Å². The molecule has 0 radical (unpaired) electrons. The first kappa shape index (κ1) is 23.1. The first-order chi connectivity index (χ1) is 13.7. The Balaban J connectivity index is 2.13. The molecule has 0 bridgehead atoms. The van der Waals surface area contributed by atoms with E-state index in [2.05, 4.69) is 20.0 Å². The summed E-state index contributed by atoms with van der Waals surface area (Å²) in [5.41, 5.74) is 0.0861. The van der Waals surface area contributed by atoms with Crippen molar-refractivity contribution in [2.24, 2.45) is 0 Å². The molecule has 0 aromatic carbocycles. The Labute approximate surface area is 183 Å². The smallest absolute Gasteiger partial charge is 0.336 e. The number of allylic oxidation sites excluding steroid dienone is 1. The highest BCUT2D eigenvalue weighted by molar-refractivity contribution is 14.1. The van der Waals surface area contributed by atoms with Gasteiger partial charge in [0.15, 0.2) is 11.0 Å². The zero-order chi connectivity index (χ0) is 21.6. The third-order valence-corrected chi connectivity index (χ3v) is 6.17. The quantitative estimate of drug-likeness (QED) is 0.250. The standard InChI is InChI=1S/C15H18IN5O6S2/c1-4-26-10-7-28(8-22)9(3)13(10)20-29(24,25)21-15(23)19-14-17-11(16)6-12(18-14)27-5-2/h6-7,20H,4-5H2,1-3H3,(H2,17,18,19,21,23). The van der Waals surface area contributed by atoms with Crippen LogP contribution in [0.1, 0.15) is 20.8 Å². The fraction of sp³-hybridized carbons (Fsp3) is 0.333. The van der Waals surface area contributed by atoms with Crippen LogP contribution in [0.4, 0.5) is 10.7 Å². The molecule has 2 amide bonds. The molecule has 3 N–H and O–H groups in total. The second kappa shape index (κ2) is 10.0. The van der Waals surface area contributed by atoms with E-state index in [0.29, 0.717) is 15.2 Å². The topological polar surface area (TPSA) is 149 Å². The maximum atomic E-state index is 12.4. The number of urea groups is 1. The van der Waals surface area contributed by atoms with E-state index in [0.717, 1.165) is 0 Å². The Morgan fingerprint density at radius 3 is 2.59 bits per heavy atom. The number of amides is 2. The molecule has 0 fully saturated rings. The molecule has 11 nitrogen and oxygen atoms in total. The molecule has 1 atom stereocenters. The molecule has 0 spiro atoms. The highest BCUT2D eigenvalue weighted by Crippen LogP contribution is 2.38. The molecule has 0 saturated carbocycles. The van der Waals surface area contributed by atoms with Gasteiger partial charge in [-0.25, -0.2) is 19.3 Å². The van der Waals surface area contributed by atoms with Gasteiger partial charge in [0.05, 0.1) is 13.2 Å². The number of carbonyl (C=O) groups is 1. The third-order valence-electron chi connectivity index (χ3n) is 3.20. The van der Waals surface area contributed by atoms with E-state index >= 15 is 0 Å². The van der Waals surface area contributed by atoms with E-state index in [1.54, 1.807) is 31.6 Å². The van der Waals surface area contributed by atoms with Gasteiger partial charge in [-0.3, -0.25) is 10.0 Å². The van der Waals surface area contributed by atoms with E-state index in [9.17, 15) is 18.0 Å². The van der Waals surface area contributed by atoms with Gasteiger partial charge >= 0.3 is 16.2 Å². The van der Waals surface area contributed by atoms with Gasteiger partial charge < -0.3 is 9.47 Å². The molecule has 0 aliphatic carbocycles. The van der Waals surface area contributed by atoms with E-state index in [-0.39, 0.29) is 29.9 Å². The fourth-order valence-corrected chi connectivity index (χ4v) is 4.64. The van der Waals surface area contributed by atoms with Gasteiger partial charge in [0, 0.05) is 16.4 Å². The number of aromatic nitrogens is 2. The first-order valence-electron chi connectivity index (χ1n) is 8.14. The lowest BCUT2D eigenvalue weighted by Crippen LogP contribution is -2.42. The maximum absolute atomic E-state index is 12.4. The van der Waals surface area contributed by atoms with Gasteiger partial charge in [0.25, 0.3) is 0 Å². The van der Waals surface area contributed by atoms with E-state index in [4.69, 9.17) is 9.47 Å². The predicted octanol–water partition coefficient (Wildman–Crippen LogP) is 1.89. The Bertz CT molecular complexity index is 1030. The van der Waals surface area contributed by atoms with Crippen LogP contribution in [0.25, 0.3) is 0 Å². The van der Waals surface area contributed by atoms with Crippen molar-refractivity contribution in [1.29, 1.82) is 0 Å². The van der Waals surface area contributed by atoms with Gasteiger partial charge in [-0.2, -0.15) is 13.4 Å². The minimum Gasteiger partial charge on any atom is -0.491 e. The Morgan fingerprint density at radius 1 is 1.28 bits per heavy atom. The molecule has 1 aliphatic heterocycles. The summed E-state index contributed by atoms with van der Waals surface area (Å²) in [5, 5.41) is 5.51. The van der Waals surface area contributed by atoms with Crippen molar-refractivity contribution in [3.8, 4) is 5.88 Å². The number of nitrogens with zero attached hydrogens (tertiary/aromatic N) is 2. The summed E-state index contributed by atoms with van der Waals surface area (Å²) in [6, 6.07) is 0.477. The minimum absolute atomic E-state index is 0.0861. The number of anilines is 1. The lowest BCUT2D eigenvalue weighted by Gasteiger charge is -2.14. The first-order valence-corrected chi connectivity index (χ1v) is 12.0. The van der Waals surface area contributed by atoms with Crippen LogP contribution in [-0.4, -0.2) is 42.9 Å². The Hall–Kier alpha value is -2.16. The molecule has 1 aliphatic rings. The number of ether oxygens (including phenoxy) is 2. The molecule has 1 unspecified atom stereocenters. The number of hydrogen-bond donors (Lipinski definition) is 3. The number of rotatable bonds is 8. The number of halogens is 1. The zero-order valence-electron chi connectivity index (χ0n) is 15.6. The van der Waals surface area contributed by atoms with Crippen LogP contribution in [0.3, 0.4) is 0 Å². The van der Waals surface area contributed by atoms with Crippen LogP contribution in [-0.2, 0) is 19.7 Å². The molecular formula is C15H18IN5O6S2. The SMILES string of the molecule is CCOC1=CS(=C=O)C(C)=C1NS(=O)(=O)NC(=O)Nc1nc(I)cc(OCC)n1. The van der Waals surface area contributed by atoms with Crippen LogP contribution >= 0.6 is 33.1 Å². The molecule has 2 heterocycles. The number of nitrogens with one attached hydrogen (secondary N) is 3. The van der Waals surface area contributed by atoms with Gasteiger partial charge in [0.2, 0.25) is 11.8 Å². The molecule has 158 valence electrons. The number of carbonyl (C=O) groups excluding carboxylic acids is 2. The second-order valence-electron chi connectivity index (χ2n) is 5.21. The predicted molar refractivity (Wildman–Crippen MR) is 116 cm³/mol. The van der Waals surface area contributed by atoms with Gasteiger partial charge in [0.1, 0.15) is 9.40 Å². The van der Waals surface area contributed by atoms with E-state index < -0.39 is 26.7 Å². The van der Waals surface area contributed by atoms with Gasteiger partial charge in [-0.05, 0) is 53.8 Å². The molecule has 1 aromatic rings.